The second-order valence-electron chi connectivity index (χ2n) is 4.77. The molecular formula is C17H14N2O2. The van der Waals surface area contributed by atoms with Gasteiger partial charge in [0.05, 0.1) is 17.6 Å². The van der Waals surface area contributed by atoms with E-state index in [4.69, 9.17) is 5.11 Å². The zero-order valence-electron chi connectivity index (χ0n) is 11.4. The van der Waals surface area contributed by atoms with Gasteiger partial charge in [-0.25, -0.2) is 9.97 Å². The molecule has 0 radical (unpaired) electrons. The van der Waals surface area contributed by atoms with Gasteiger partial charge in [-0.1, -0.05) is 48.5 Å². The summed E-state index contributed by atoms with van der Waals surface area (Å²) in [7, 11) is 0. The number of carboxylic acids is 1. The van der Waals surface area contributed by atoms with Crippen LogP contribution in [-0.2, 0) is 11.2 Å². The summed E-state index contributed by atoms with van der Waals surface area (Å²) in [5.74, 6) is -0.275. The van der Waals surface area contributed by atoms with Gasteiger partial charge >= 0.3 is 5.97 Å². The van der Waals surface area contributed by atoms with Gasteiger partial charge in [-0.05, 0) is 6.07 Å². The molecule has 0 aliphatic heterocycles. The summed E-state index contributed by atoms with van der Waals surface area (Å²) in [5.41, 5.74) is 2.70. The Balaban J connectivity index is 2.14. The Morgan fingerprint density at radius 1 is 0.952 bits per heavy atom. The van der Waals surface area contributed by atoms with E-state index in [0.717, 1.165) is 22.2 Å². The van der Waals surface area contributed by atoms with Gasteiger partial charge in [0.25, 0.3) is 0 Å². The minimum atomic E-state index is -0.840. The molecular weight excluding hydrogens is 264 g/mol. The molecule has 0 spiro atoms. The summed E-state index contributed by atoms with van der Waals surface area (Å²) >= 11 is 0. The van der Waals surface area contributed by atoms with Crippen LogP contribution in [0, 0.1) is 0 Å². The van der Waals surface area contributed by atoms with E-state index in [1.165, 1.54) is 0 Å². The molecule has 0 amide bonds. The molecule has 0 bridgehead atoms. The van der Waals surface area contributed by atoms with Crippen LogP contribution < -0.4 is 0 Å². The molecule has 0 saturated heterocycles. The summed E-state index contributed by atoms with van der Waals surface area (Å²) in [5, 5.41) is 9.79. The van der Waals surface area contributed by atoms with Crippen molar-refractivity contribution in [3.05, 3.63) is 60.4 Å². The van der Waals surface area contributed by atoms with Gasteiger partial charge in [0, 0.05) is 17.4 Å². The van der Waals surface area contributed by atoms with Crippen LogP contribution in [0.5, 0.6) is 0 Å². The van der Waals surface area contributed by atoms with Crippen LogP contribution in [0.4, 0.5) is 0 Å². The van der Waals surface area contributed by atoms with Gasteiger partial charge in [0.1, 0.15) is 5.82 Å². The van der Waals surface area contributed by atoms with E-state index in [-0.39, 0.29) is 6.42 Å². The fourth-order valence-electron chi connectivity index (χ4n) is 2.27. The van der Waals surface area contributed by atoms with Crippen LogP contribution in [0.3, 0.4) is 0 Å². The molecule has 0 fully saturated rings. The normalized spacial score (nSPS) is 10.7. The largest absolute Gasteiger partial charge is 0.481 e. The number of para-hydroxylation sites is 1. The van der Waals surface area contributed by atoms with Crippen molar-refractivity contribution < 1.29 is 9.90 Å². The molecule has 0 saturated carbocycles. The summed E-state index contributed by atoms with van der Waals surface area (Å²) in [6.45, 7) is 0. The Labute approximate surface area is 122 Å². The van der Waals surface area contributed by atoms with Crippen molar-refractivity contribution in [1.82, 2.24) is 9.97 Å². The first-order chi connectivity index (χ1) is 10.2. The van der Waals surface area contributed by atoms with Crippen molar-refractivity contribution in [1.29, 1.82) is 0 Å². The highest BCUT2D eigenvalue weighted by atomic mass is 16.4. The molecule has 0 aliphatic rings. The zero-order valence-corrected chi connectivity index (χ0v) is 11.4. The molecule has 104 valence electrons. The zero-order chi connectivity index (χ0) is 14.7. The number of nitrogens with zero attached hydrogens (tertiary/aromatic N) is 2. The number of hydrogen-bond acceptors (Lipinski definition) is 3. The Morgan fingerprint density at radius 3 is 2.43 bits per heavy atom. The lowest BCUT2D eigenvalue weighted by atomic mass is 10.1. The average Bonchev–Trinajstić information content (AvgIpc) is 2.53. The van der Waals surface area contributed by atoms with Gasteiger partial charge in [0.2, 0.25) is 0 Å². The lowest BCUT2D eigenvalue weighted by Crippen LogP contribution is -2.03. The van der Waals surface area contributed by atoms with E-state index in [9.17, 15) is 4.79 Å². The molecule has 1 heterocycles. The van der Waals surface area contributed by atoms with Crippen molar-refractivity contribution in [3.8, 4) is 11.3 Å². The summed E-state index contributed by atoms with van der Waals surface area (Å²) < 4.78 is 0. The van der Waals surface area contributed by atoms with Crippen molar-refractivity contribution in [2.45, 2.75) is 12.8 Å². The Hall–Kier alpha value is -2.75. The van der Waals surface area contributed by atoms with Crippen LogP contribution in [0.15, 0.2) is 54.6 Å². The third kappa shape index (κ3) is 2.89. The molecule has 4 nitrogen and oxygen atoms in total. The van der Waals surface area contributed by atoms with Gasteiger partial charge in [-0.3, -0.25) is 4.79 Å². The second kappa shape index (κ2) is 5.71. The van der Waals surface area contributed by atoms with E-state index in [0.29, 0.717) is 12.2 Å². The molecule has 3 rings (SSSR count). The van der Waals surface area contributed by atoms with Crippen LogP contribution in [-0.4, -0.2) is 21.0 Å². The predicted octanol–water partition coefficient (Wildman–Crippen LogP) is 3.31. The number of aliphatic carboxylic acids is 1. The fraction of sp³-hybridized carbons (Fsp3) is 0.118. The number of rotatable bonds is 4. The smallest absolute Gasteiger partial charge is 0.303 e. The lowest BCUT2D eigenvalue weighted by molar-refractivity contribution is -0.137. The molecule has 3 aromatic rings. The number of aromatic nitrogens is 2. The average molecular weight is 278 g/mol. The van der Waals surface area contributed by atoms with E-state index in [1.807, 2.05) is 54.6 Å². The maximum absolute atomic E-state index is 10.7. The first-order valence-corrected chi connectivity index (χ1v) is 6.77. The van der Waals surface area contributed by atoms with Crippen LogP contribution >= 0.6 is 0 Å². The highest BCUT2D eigenvalue weighted by Crippen LogP contribution is 2.25. The summed E-state index contributed by atoms with van der Waals surface area (Å²) in [4.78, 5) is 19.8. The highest BCUT2D eigenvalue weighted by molar-refractivity contribution is 5.92. The van der Waals surface area contributed by atoms with Gasteiger partial charge in [-0.15, -0.1) is 0 Å². The number of fused-ring (bicyclic) bond motifs is 1. The first-order valence-electron chi connectivity index (χ1n) is 6.77. The van der Waals surface area contributed by atoms with Crippen LogP contribution in [0.25, 0.3) is 22.2 Å². The number of hydrogen-bond donors (Lipinski definition) is 1. The number of carbonyl (C=O) groups is 1. The van der Waals surface area contributed by atoms with Gasteiger partial charge < -0.3 is 5.11 Å². The molecule has 0 aliphatic carbocycles. The van der Waals surface area contributed by atoms with Crippen molar-refractivity contribution in [3.63, 3.8) is 0 Å². The van der Waals surface area contributed by atoms with E-state index in [2.05, 4.69) is 9.97 Å². The highest BCUT2D eigenvalue weighted by Gasteiger charge is 2.10. The number of aryl methyl sites for hydroxylation is 1. The van der Waals surface area contributed by atoms with Crippen molar-refractivity contribution in [2.24, 2.45) is 0 Å². The van der Waals surface area contributed by atoms with Crippen molar-refractivity contribution in [2.75, 3.05) is 0 Å². The van der Waals surface area contributed by atoms with Gasteiger partial charge in [-0.2, -0.15) is 0 Å². The predicted molar refractivity (Wildman–Crippen MR) is 80.9 cm³/mol. The second-order valence-corrected chi connectivity index (χ2v) is 4.77. The molecule has 0 atom stereocenters. The molecule has 0 unspecified atom stereocenters. The van der Waals surface area contributed by atoms with Gasteiger partial charge in [0.15, 0.2) is 0 Å². The van der Waals surface area contributed by atoms with E-state index in [1.54, 1.807) is 0 Å². The quantitative estimate of drug-likeness (QED) is 0.795. The Morgan fingerprint density at radius 2 is 1.67 bits per heavy atom. The van der Waals surface area contributed by atoms with Crippen molar-refractivity contribution >= 4 is 16.9 Å². The monoisotopic (exact) mass is 278 g/mol. The number of carboxylic acid groups (broad SMARTS) is 1. The molecule has 1 N–H and O–H groups in total. The summed E-state index contributed by atoms with van der Waals surface area (Å²) in [6, 6.07) is 17.7. The summed E-state index contributed by atoms with van der Waals surface area (Å²) in [6.07, 6.45) is 0.368. The minimum Gasteiger partial charge on any atom is -0.481 e. The molecule has 21 heavy (non-hydrogen) atoms. The standard InChI is InChI=1S/C17H14N2O2/c20-16(21)11-10-15-18-14-9-5-4-8-13(14)17(19-15)12-6-2-1-3-7-12/h1-9H,10-11H2,(H,20,21). The van der Waals surface area contributed by atoms with E-state index < -0.39 is 5.97 Å². The van der Waals surface area contributed by atoms with Crippen LogP contribution in [0.1, 0.15) is 12.2 Å². The first kappa shape index (κ1) is 13.2. The number of benzene rings is 2. The third-order valence-corrected chi connectivity index (χ3v) is 3.26. The van der Waals surface area contributed by atoms with Crippen LogP contribution in [0.2, 0.25) is 0 Å². The third-order valence-electron chi connectivity index (χ3n) is 3.26. The lowest BCUT2D eigenvalue weighted by Gasteiger charge is -2.08. The topological polar surface area (TPSA) is 63.1 Å². The minimum absolute atomic E-state index is 0.0343. The Bertz CT molecular complexity index is 785. The fourth-order valence-corrected chi connectivity index (χ4v) is 2.27. The van der Waals surface area contributed by atoms with E-state index >= 15 is 0 Å². The maximum atomic E-state index is 10.7. The SMILES string of the molecule is O=C(O)CCc1nc(-c2ccccc2)c2ccccc2n1. The molecule has 4 heteroatoms. The molecule has 1 aromatic heterocycles. The molecule has 2 aromatic carbocycles. The Kier molecular flexibility index (Phi) is 3.60. The maximum Gasteiger partial charge on any atom is 0.303 e.